The first-order valence-electron chi connectivity index (χ1n) is 10.2. The third-order valence-electron chi connectivity index (χ3n) is 5.01. The molecule has 0 unspecified atom stereocenters. The number of carboxylic acids is 1. The van der Waals surface area contributed by atoms with Crippen LogP contribution in [0.1, 0.15) is 33.6 Å². The van der Waals surface area contributed by atoms with Crippen molar-refractivity contribution in [1.82, 2.24) is 4.90 Å². The topological polar surface area (TPSA) is 122 Å². The molecule has 2 aromatic rings. The van der Waals surface area contributed by atoms with E-state index in [1.54, 1.807) is 53.4 Å². The van der Waals surface area contributed by atoms with E-state index < -0.39 is 17.9 Å². The molecule has 0 aliphatic carbocycles. The van der Waals surface area contributed by atoms with Crippen LogP contribution < -0.4 is 5.32 Å². The Morgan fingerprint density at radius 1 is 0.938 bits per heavy atom. The summed E-state index contributed by atoms with van der Waals surface area (Å²) in [6, 6.07) is 14.7. The van der Waals surface area contributed by atoms with E-state index in [9.17, 15) is 19.2 Å². The molecule has 0 saturated carbocycles. The number of anilines is 1. The van der Waals surface area contributed by atoms with Crippen molar-refractivity contribution in [3.8, 4) is 0 Å². The first-order chi connectivity index (χ1) is 15.4. The van der Waals surface area contributed by atoms with Gasteiger partial charge >= 0.3 is 17.9 Å². The Morgan fingerprint density at radius 3 is 2.28 bits per heavy atom. The molecule has 0 atom stereocenters. The molecule has 9 heteroatoms. The fraction of sp³-hybridized carbons (Fsp3) is 0.304. The van der Waals surface area contributed by atoms with Gasteiger partial charge in [-0.05, 0) is 37.1 Å². The lowest BCUT2D eigenvalue weighted by atomic mass is 10.1. The molecule has 1 saturated heterocycles. The summed E-state index contributed by atoms with van der Waals surface area (Å²) >= 11 is 0. The van der Waals surface area contributed by atoms with E-state index >= 15 is 0 Å². The molecule has 0 aromatic heterocycles. The fourth-order valence-corrected chi connectivity index (χ4v) is 3.33. The molecule has 9 nitrogen and oxygen atoms in total. The van der Waals surface area contributed by atoms with Crippen molar-refractivity contribution >= 4 is 29.5 Å². The maximum absolute atomic E-state index is 12.5. The summed E-state index contributed by atoms with van der Waals surface area (Å²) in [5, 5.41) is 11.6. The molecule has 1 aliphatic heterocycles. The first-order valence-corrected chi connectivity index (χ1v) is 10.2. The van der Waals surface area contributed by atoms with Crippen LogP contribution in [0.3, 0.4) is 0 Å². The molecule has 168 valence electrons. The lowest BCUT2D eigenvalue weighted by Gasteiger charge is -2.31. The highest BCUT2D eigenvalue weighted by molar-refractivity contribution is 6.05. The largest absolute Gasteiger partial charge is 0.480 e. The summed E-state index contributed by atoms with van der Waals surface area (Å²) in [7, 11) is 0. The number of esters is 2. The molecule has 32 heavy (non-hydrogen) atoms. The van der Waals surface area contributed by atoms with Crippen LogP contribution in [0.2, 0.25) is 0 Å². The Kier molecular flexibility index (Phi) is 7.93. The van der Waals surface area contributed by atoms with Gasteiger partial charge in [0.25, 0.3) is 0 Å². The Balaban J connectivity index is 1.53. The molecule has 1 amide bonds. The van der Waals surface area contributed by atoms with Crippen LogP contribution in [0.4, 0.5) is 5.69 Å². The third-order valence-corrected chi connectivity index (χ3v) is 5.01. The van der Waals surface area contributed by atoms with Crippen molar-refractivity contribution < 1.29 is 33.8 Å². The van der Waals surface area contributed by atoms with E-state index in [-0.39, 0.29) is 36.3 Å². The Labute approximate surface area is 184 Å². The van der Waals surface area contributed by atoms with Crippen molar-refractivity contribution in [2.45, 2.75) is 18.9 Å². The number of carbonyl (C=O) groups is 4. The SMILES string of the molecule is O=C(O)COC1CCN(C(=O)CNc2ccccc2C(=O)OC(=O)c2ccccc2)CC1. The number of nitrogens with one attached hydrogen (secondary N) is 1. The van der Waals surface area contributed by atoms with Gasteiger partial charge in [-0.3, -0.25) is 4.79 Å². The number of aliphatic carboxylic acids is 1. The molecule has 3 rings (SSSR count). The van der Waals surface area contributed by atoms with Gasteiger partial charge in [-0.2, -0.15) is 0 Å². The van der Waals surface area contributed by atoms with Crippen LogP contribution in [-0.2, 0) is 19.1 Å². The van der Waals surface area contributed by atoms with Crippen LogP contribution in [0, 0.1) is 0 Å². The van der Waals surface area contributed by atoms with E-state index in [2.05, 4.69) is 5.32 Å². The van der Waals surface area contributed by atoms with Crippen LogP contribution >= 0.6 is 0 Å². The molecule has 2 N–H and O–H groups in total. The Morgan fingerprint density at radius 2 is 1.59 bits per heavy atom. The average molecular weight is 440 g/mol. The summed E-state index contributed by atoms with van der Waals surface area (Å²) in [5.41, 5.74) is 0.786. The van der Waals surface area contributed by atoms with Gasteiger partial charge in [0.1, 0.15) is 6.61 Å². The number of rotatable bonds is 8. The number of likely N-dealkylation sites (tertiary alicyclic amines) is 1. The van der Waals surface area contributed by atoms with Gasteiger partial charge in [-0.25, -0.2) is 14.4 Å². The van der Waals surface area contributed by atoms with Crippen LogP contribution in [-0.4, -0.2) is 66.2 Å². The minimum absolute atomic E-state index is 0.0441. The molecule has 0 bridgehead atoms. The second-order valence-corrected chi connectivity index (χ2v) is 7.23. The fourth-order valence-electron chi connectivity index (χ4n) is 3.33. The second-order valence-electron chi connectivity index (χ2n) is 7.23. The van der Waals surface area contributed by atoms with Gasteiger partial charge < -0.3 is 24.8 Å². The lowest BCUT2D eigenvalue weighted by Crippen LogP contribution is -2.43. The monoisotopic (exact) mass is 440 g/mol. The number of carboxylic acid groups (broad SMARTS) is 1. The molecule has 1 fully saturated rings. The normalized spacial score (nSPS) is 13.9. The van der Waals surface area contributed by atoms with Crippen LogP contribution in [0.15, 0.2) is 54.6 Å². The summed E-state index contributed by atoms with van der Waals surface area (Å²) in [6.45, 7) is 0.525. The number of carbonyl (C=O) groups excluding carboxylic acids is 3. The van der Waals surface area contributed by atoms with Gasteiger partial charge in [0.2, 0.25) is 5.91 Å². The second kappa shape index (κ2) is 11.1. The third kappa shape index (κ3) is 6.39. The van der Waals surface area contributed by atoms with E-state index in [1.165, 1.54) is 6.07 Å². The smallest absolute Gasteiger partial charge is 0.348 e. The van der Waals surface area contributed by atoms with E-state index in [1.807, 2.05) is 0 Å². The zero-order valence-corrected chi connectivity index (χ0v) is 17.4. The number of para-hydroxylation sites is 1. The molecular weight excluding hydrogens is 416 g/mol. The van der Waals surface area contributed by atoms with E-state index in [0.29, 0.717) is 31.6 Å². The van der Waals surface area contributed by atoms with Gasteiger partial charge in [-0.1, -0.05) is 30.3 Å². The number of nitrogens with zero attached hydrogens (tertiary/aromatic N) is 1. The summed E-state index contributed by atoms with van der Waals surface area (Å²) in [6.07, 6.45) is 0.938. The predicted octanol–water partition coefficient (Wildman–Crippen LogP) is 2.19. The molecule has 0 radical (unpaired) electrons. The van der Waals surface area contributed by atoms with Gasteiger partial charge in [-0.15, -0.1) is 0 Å². The van der Waals surface area contributed by atoms with Crippen molar-refractivity contribution in [3.63, 3.8) is 0 Å². The molecule has 0 spiro atoms. The van der Waals surface area contributed by atoms with Crippen LogP contribution in [0.25, 0.3) is 0 Å². The Bertz CT molecular complexity index is 969. The number of piperidine rings is 1. The van der Waals surface area contributed by atoms with Gasteiger partial charge in [0, 0.05) is 18.8 Å². The number of amides is 1. The average Bonchev–Trinajstić information content (AvgIpc) is 2.82. The lowest BCUT2D eigenvalue weighted by molar-refractivity contribution is -0.146. The van der Waals surface area contributed by atoms with Crippen molar-refractivity contribution in [3.05, 3.63) is 65.7 Å². The Hall–Kier alpha value is -3.72. The number of hydrogen-bond donors (Lipinski definition) is 2. The molecule has 1 heterocycles. The minimum Gasteiger partial charge on any atom is -0.480 e. The van der Waals surface area contributed by atoms with Crippen LogP contribution in [0.5, 0.6) is 0 Å². The number of benzene rings is 2. The maximum Gasteiger partial charge on any atom is 0.348 e. The minimum atomic E-state index is -1.02. The van der Waals surface area contributed by atoms with Gasteiger partial charge in [0.05, 0.1) is 23.8 Å². The highest BCUT2D eigenvalue weighted by atomic mass is 16.6. The zero-order chi connectivity index (χ0) is 22.9. The number of hydrogen-bond acceptors (Lipinski definition) is 7. The van der Waals surface area contributed by atoms with Crippen molar-refractivity contribution in [2.75, 3.05) is 31.6 Å². The number of ether oxygens (including phenoxy) is 2. The summed E-state index contributed by atoms with van der Waals surface area (Å²) in [4.78, 5) is 49.5. The molecular formula is C23H24N2O7. The quantitative estimate of drug-likeness (QED) is 0.473. The molecule has 2 aromatic carbocycles. The summed E-state index contributed by atoms with van der Waals surface area (Å²) in [5.74, 6) is -2.75. The highest BCUT2D eigenvalue weighted by Gasteiger charge is 2.24. The standard InChI is InChI=1S/C23H24N2O7/c26-20(25-12-10-17(11-13-25)31-15-21(27)28)14-24-19-9-5-4-8-18(19)23(30)32-22(29)16-6-2-1-3-7-16/h1-9,17,24H,10-15H2,(H,27,28). The van der Waals surface area contributed by atoms with Crippen molar-refractivity contribution in [1.29, 1.82) is 0 Å². The molecule has 1 aliphatic rings. The summed E-state index contributed by atoms with van der Waals surface area (Å²) < 4.78 is 10.2. The zero-order valence-electron chi connectivity index (χ0n) is 17.4. The predicted molar refractivity (Wildman–Crippen MR) is 114 cm³/mol. The van der Waals surface area contributed by atoms with E-state index in [0.717, 1.165) is 0 Å². The highest BCUT2D eigenvalue weighted by Crippen LogP contribution is 2.18. The maximum atomic E-state index is 12.5. The van der Waals surface area contributed by atoms with Crippen molar-refractivity contribution in [2.24, 2.45) is 0 Å². The first kappa shape index (κ1) is 23.0. The van der Waals surface area contributed by atoms with Gasteiger partial charge in [0.15, 0.2) is 0 Å². The van der Waals surface area contributed by atoms with E-state index in [4.69, 9.17) is 14.6 Å².